The number of aliphatic hydroxyl groups is 1. The van der Waals surface area contributed by atoms with E-state index < -0.39 is 0 Å². The first kappa shape index (κ1) is 17.9. The molecule has 4 nitrogen and oxygen atoms in total. The number of piperidine rings is 1. The predicted molar refractivity (Wildman–Crippen MR) is 81.5 cm³/mol. The lowest BCUT2D eigenvalue weighted by Gasteiger charge is -2.53. The van der Waals surface area contributed by atoms with Crippen LogP contribution in [0.5, 0.6) is 0 Å². The van der Waals surface area contributed by atoms with Gasteiger partial charge in [-0.15, -0.1) is 0 Å². The van der Waals surface area contributed by atoms with E-state index >= 15 is 0 Å². The molecule has 0 aliphatic carbocycles. The van der Waals surface area contributed by atoms with E-state index in [1.807, 2.05) is 27.7 Å². The number of hydrogen-bond acceptors (Lipinski definition) is 4. The smallest absolute Gasteiger partial charge is 0.0998 e. The van der Waals surface area contributed by atoms with Gasteiger partial charge in [-0.2, -0.15) is 5.06 Å². The second kappa shape index (κ2) is 5.91. The van der Waals surface area contributed by atoms with Crippen molar-refractivity contribution in [2.75, 3.05) is 6.61 Å². The zero-order valence-electron chi connectivity index (χ0n) is 14.5. The minimum absolute atomic E-state index is 0.0111. The lowest BCUT2D eigenvalue weighted by atomic mass is 9.80. The van der Waals surface area contributed by atoms with Gasteiger partial charge in [0, 0.05) is 11.1 Å². The van der Waals surface area contributed by atoms with Crippen LogP contribution in [-0.2, 0) is 9.57 Å². The average molecular weight is 287 g/mol. The van der Waals surface area contributed by atoms with Gasteiger partial charge in [0.25, 0.3) is 0 Å². The van der Waals surface area contributed by atoms with Crippen LogP contribution in [0.3, 0.4) is 0 Å². The van der Waals surface area contributed by atoms with Crippen molar-refractivity contribution in [3.8, 4) is 0 Å². The van der Waals surface area contributed by atoms with Crippen LogP contribution in [0.1, 0.15) is 68.2 Å². The molecule has 4 heteroatoms. The number of aliphatic hydroxyl groups excluding tert-OH is 1. The molecule has 1 saturated heterocycles. The van der Waals surface area contributed by atoms with E-state index in [0.717, 1.165) is 12.8 Å². The summed E-state index contributed by atoms with van der Waals surface area (Å²) in [6.07, 6.45) is 1.18. The quantitative estimate of drug-likeness (QED) is 0.862. The van der Waals surface area contributed by atoms with Crippen molar-refractivity contribution in [3.05, 3.63) is 0 Å². The molecule has 120 valence electrons. The zero-order valence-corrected chi connectivity index (χ0v) is 14.5. The van der Waals surface area contributed by atoms with E-state index in [0.29, 0.717) is 6.61 Å². The van der Waals surface area contributed by atoms with Crippen LogP contribution in [-0.4, -0.2) is 45.7 Å². The number of hydroxylamine groups is 2. The van der Waals surface area contributed by atoms with Gasteiger partial charge in [0.15, 0.2) is 0 Å². The molecule has 20 heavy (non-hydrogen) atoms. The zero-order chi connectivity index (χ0) is 15.8. The Morgan fingerprint density at radius 3 is 2.00 bits per heavy atom. The summed E-state index contributed by atoms with van der Waals surface area (Å²) in [5.74, 6) is 0. The van der Waals surface area contributed by atoms with Gasteiger partial charge in [-0.05, 0) is 68.2 Å². The van der Waals surface area contributed by atoms with Crippen molar-refractivity contribution < 1.29 is 14.7 Å². The highest BCUT2D eigenvalue weighted by Gasteiger charge is 2.46. The van der Waals surface area contributed by atoms with Gasteiger partial charge in [0.05, 0.1) is 24.4 Å². The molecule has 0 aromatic heterocycles. The van der Waals surface area contributed by atoms with E-state index in [1.54, 1.807) is 0 Å². The number of ether oxygens (including phenoxy) is 1. The van der Waals surface area contributed by atoms with Crippen LogP contribution in [0.2, 0.25) is 0 Å². The number of hydrogen-bond donors (Lipinski definition) is 1. The molecule has 0 radical (unpaired) electrons. The molecular formula is C16H33NO3. The Bertz CT molecular complexity index is 302. The largest absolute Gasteiger partial charge is 0.393 e. The number of rotatable bonds is 4. The minimum Gasteiger partial charge on any atom is -0.393 e. The Hall–Kier alpha value is -0.160. The lowest BCUT2D eigenvalue weighted by Crippen LogP contribution is -2.62. The van der Waals surface area contributed by atoms with Crippen molar-refractivity contribution in [3.63, 3.8) is 0 Å². The molecule has 1 rings (SSSR count). The van der Waals surface area contributed by atoms with E-state index in [4.69, 9.17) is 9.57 Å². The lowest BCUT2D eigenvalue weighted by molar-refractivity contribution is -0.318. The van der Waals surface area contributed by atoms with Gasteiger partial charge in [-0.3, -0.25) is 4.84 Å². The molecule has 0 aromatic rings. The first-order valence-corrected chi connectivity index (χ1v) is 7.63. The fourth-order valence-corrected chi connectivity index (χ4v) is 3.07. The Balaban J connectivity index is 2.68. The average Bonchev–Trinajstić information content (AvgIpc) is 2.17. The second-order valence-electron chi connectivity index (χ2n) is 8.32. The summed E-state index contributed by atoms with van der Waals surface area (Å²) in [5.41, 5.74) is -0.519. The third-order valence-electron chi connectivity index (χ3n) is 3.61. The summed E-state index contributed by atoms with van der Waals surface area (Å²) in [4.78, 5) is 6.16. The molecule has 1 N–H and O–H groups in total. The van der Waals surface area contributed by atoms with Gasteiger partial charge in [-0.1, -0.05) is 0 Å². The topological polar surface area (TPSA) is 41.9 Å². The summed E-state index contributed by atoms with van der Waals surface area (Å²) in [6, 6.07) is 0. The molecule has 1 atom stereocenters. The fraction of sp³-hybridized carbons (Fsp3) is 1.00. The van der Waals surface area contributed by atoms with Crippen LogP contribution in [0.15, 0.2) is 0 Å². The molecule has 0 spiro atoms. The maximum absolute atomic E-state index is 10.0. The van der Waals surface area contributed by atoms with Crippen LogP contribution in [0, 0.1) is 0 Å². The maximum atomic E-state index is 10.0. The van der Waals surface area contributed by atoms with Gasteiger partial charge >= 0.3 is 0 Å². The van der Waals surface area contributed by atoms with Crippen LogP contribution >= 0.6 is 0 Å². The first-order valence-electron chi connectivity index (χ1n) is 7.63. The molecule has 0 aromatic carbocycles. The van der Waals surface area contributed by atoms with E-state index in [9.17, 15) is 5.11 Å². The monoisotopic (exact) mass is 287 g/mol. The van der Waals surface area contributed by atoms with Gasteiger partial charge in [0.2, 0.25) is 0 Å². The van der Waals surface area contributed by atoms with Crippen molar-refractivity contribution in [2.24, 2.45) is 0 Å². The molecule has 0 amide bonds. The van der Waals surface area contributed by atoms with Gasteiger partial charge in [-0.25, -0.2) is 0 Å². The Labute approximate surface area is 124 Å². The standard InChI is InChI=1S/C16H33NO3/c1-12(11-19-14(2,3)4)20-17-15(5,6)9-13(18)10-16(17,7)8/h12-13,18H,9-11H2,1-8H3. The van der Waals surface area contributed by atoms with Crippen molar-refractivity contribution >= 4 is 0 Å². The van der Waals surface area contributed by atoms with E-state index in [2.05, 4.69) is 32.8 Å². The third-order valence-corrected chi connectivity index (χ3v) is 3.61. The van der Waals surface area contributed by atoms with Gasteiger partial charge < -0.3 is 9.84 Å². The van der Waals surface area contributed by atoms with Crippen LogP contribution in [0.25, 0.3) is 0 Å². The van der Waals surface area contributed by atoms with Crippen molar-refractivity contribution in [1.29, 1.82) is 0 Å². The first-order chi connectivity index (χ1) is 8.83. The third kappa shape index (κ3) is 4.99. The second-order valence-corrected chi connectivity index (χ2v) is 8.32. The van der Waals surface area contributed by atoms with Crippen LogP contribution in [0.4, 0.5) is 0 Å². The fourth-order valence-electron chi connectivity index (χ4n) is 3.07. The molecule has 1 heterocycles. The Morgan fingerprint density at radius 2 is 1.60 bits per heavy atom. The van der Waals surface area contributed by atoms with Crippen LogP contribution < -0.4 is 0 Å². The summed E-state index contributed by atoms with van der Waals surface area (Å²) < 4.78 is 5.79. The normalized spacial score (nSPS) is 25.6. The minimum atomic E-state index is -0.263. The summed E-state index contributed by atoms with van der Waals surface area (Å²) in [5, 5.41) is 12.1. The maximum Gasteiger partial charge on any atom is 0.0998 e. The number of nitrogens with zero attached hydrogens (tertiary/aromatic N) is 1. The van der Waals surface area contributed by atoms with Crippen molar-refractivity contribution in [1.82, 2.24) is 5.06 Å². The molecule has 0 saturated carbocycles. The summed E-state index contributed by atoms with van der Waals surface area (Å²) in [7, 11) is 0. The predicted octanol–water partition coefficient (Wildman–Crippen LogP) is 3.14. The molecule has 1 aliphatic heterocycles. The van der Waals surface area contributed by atoms with Crippen molar-refractivity contribution in [2.45, 2.75) is 97.1 Å². The molecule has 1 aliphatic rings. The molecule has 0 bridgehead atoms. The Morgan fingerprint density at radius 1 is 1.15 bits per heavy atom. The molecular weight excluding hydrogens is 254 g/mol. The summed E-state index contributed by atoms with van der Waals surface area (Å²) >= 11 is 0. The van der Waals surface area contributed by atoms with E-state index in [-0.39, 0.29) is 28.9 Å². The molecule has 1 fully saturated rings. The molecule has 1 unspecified atom stereocenters. The van der Waals surface area contributed by atoms with E-state index in [1.165, 1.54) is 0 Å². The Kier molecular flexibility index (Phi) is 5.29. The highest BCUT2D eigenvalue weighted by Crippen LogP contribution is 2.39. The summed E-state index contributed by atoms with van der Waals surface area (Å²) in [6.45, 7) is 17.2. The van der Waals surface area contributed by atoms with Gasteiger partial charge in [0.1, 0.15) is 0 Å². The highest BCUT2D eigenvalue weighted by atomic mass is 16.7. The highest BCUT2D eigenvalue weighted by molar-refractivity contribution is 4.96. The SMILES string of the molecule is CC(COC(C)(C)C)ON1C(C)(C)CC(O)CC1(C)C.